The van der Waals surface area contributed by atoms with Gasteiger partial charge in [-0.3, -0.25) is 0 Å². The minimum atomic E-state index is 0.763. The van der Waals surface area contributed by atoms with E-state index in [4.69, 9.17) is 11.6 Å². The first-order valence-corrected chi connectivity index (χ1v) is 23.1. The Labute approximate surface area is 352 Å². The molecule has 3 heteroatoms. The second kappa shape index (κ2) is 23.4. The van der Waals surface area contributed by atoms with Crippen LogP contribution in [0.15, 0.2) is 103 Å². The molecule has 5 aromatic carbocycles. The maximum absolute atomic E-state index is 7.95. The maximum atomic E-state index is 7.95. The van der Waals surface area contributed by atoms with E-state index in [0.29, 0.717) is 0 Å². The van der Waals surface area contributed by atoms with Gasteiger partial charge in [-0.25, -0.2) is 0 Å². The van der Waals surface area contributed by atoms with Crippen LogP contribution in [-0.4, -0.2) is 0 Å². The molecule has 2 nitrogen and oxygen atoms in total. The maximum Gasteiger partial charge on any atom is 0.0887 e. The molecular formula is C54H71ClN2. The minimum Gasteiger partial charge on any atom is -0.309 e. The van der Waals surface area contributed by atoms with Crippen LogP contribution in [0.5, 0.6) is 0 Å². The summed E-state index contributed by atoms with van der Waals surface area (Å²) in [7, 11) is 0. The van der Waals surface area contributed by atoms with E-state index in [-0.39, 0.29) is 0 Å². The van der Waals surface area contributed by atoms with E-state index in [1.54, 1.807) is 0 Å². The van der Waals surface area contributed by atoms with Crippen molar-refractivity contribution in [2.45, 2.75) is 157 Å². The van der Waals surface area contributed by atoms with Crippen molar-refractivity contribution >= 4 is 45.7 Å². The van der Waals surface area contributed by atoms with Crippen molar-refractivity contribution in [3.63, 3.8) is 0 Å². The van der Waals surface area contributed by atoms with Crippen molar-refractivity contribution in [3.05, 3.63) is 142 Å². The van der Waals surface area contributed by atoms with Crippen molar-refractivity contribution < 1.29 is 0 Å². The first-order valence-electron chi connectivity index (χ1n) is 22.7. The highest BCUT2D eigenvalue weighted by Gasteiger charge is 2.24. The molecule has 0 aromatic heterocycles. The zero-order valence-electron chi connectivity index (χ0n) is 36.3. The van der Waals surface area contributed by atoms with Crippen LogP contribution in [0.2, 0.25) is 5.02 Å². The summed E-state index contributed by atoms with van der Waals surface area (Å²) < 4.78 is 0. The largest absolute Gasteiger partial charge is 0.309 e. The number of hydrogen-bond donors (Lipinski definition) is 0. The Morgan fingerprint density at radius 1 is 0.333 bits per heavy atom. The van der Waals surface area contributed by atoms with E-state index in [9.17, 15) is 0 Å². The minimum absolute atomic E-state index is 0.763. The molecule has 0 bridgehead atoms. The second-order valence-electron chi connectivity index (χ2n) is 16.3. The SMILES string of the molecule is CCCCc1cccc(N(c2cc(CCCC)cc(CCCC)c2)c2cccc(N(c3cccc(CCCC)c3)c3cc(CCCC)cc(CCCC)c3)c2Cl)c1. The molecule has 0 N–H and O–H groups in total. The lowest BCUT2D eigenvalue weighted by atomic mass is 9.99. The summed E-state index contributed by atoms with van der Waals surface area (Å²) in [5.74, 6) is 0. The van der Waals surface area contributed by atoms with Crippen LogP contribution in [0.25, 0.3) is 0 Å². The van der Waals surface area contributed by atoms with E-state index in [2.05, 4.69) is 154 Å². The van der Waals surface area contributed by atoms with E-state index >= 15 is 0 Å². The Morgan fingerprint density at radius 2 is 0.614 bits per heavy atom. The first-order chi connectivity index (χ1) is 27.9. The van der Waals surface area contributed by atoms with Gasteiger partial charge in [0.25, 0.3) is 0 Å². The third-order valence-electron chi connectivity index (χ3n) is 11.3. The van der Waals surface area contributed by atoms with Gasteiger partial charge in [0.2, 0.25) is 0 Å². The molecule has 0 amide bonds. The van der Waals surface area contributed by atoms with Crippen LogP contribution < -0.4 is 9.80 Å². The lowest BCUT2D eigenvalue weighted by molar-refractivity contribution is 0.780. The Hall–Kier alpha value is -4.01. The zero-order chi connectivity index (χ0) is 40.4. The molecular weight excluding hydrogens is 712 g/mol. The second-order valence-corrected chi connectivity index (χ2v) is 16.6. The third-order valence-corrected chi connectivity index (χ3v) is 11.7. The number of anilines is 6. The van der Waals surface area contributed by atoms with Crippen LogP contribution in [-0.2, 0) is 38.5 Å². The molecule has 0 heterocycles. The highest BCUT2D eigenvalue weighted by atomic mass is 35.5. The number of rotatable bonds is 24. The number of hydrogen-bond acceptors (Lipinski definition) is 2. The van der Waals surface area contributed by atoms with Crippen LogP contribution in [0.1, 0.15) is 152 Å². The Morgan fingerprint density at radius 3 is 0.930 bits per heavy atom. The van der Waals surface area contributed by atoms with Gasteiger partial charge in [-0.05, 0) is 171 Å². The Bertz CT molecular complexity index is 1770. The quantitative estimate of drug-likeness (QED) is 0.0615. The van der Waals surface area contributed by atoms with Crippen molar-refractivity contribution in [1.29, 1.82) is 0 Å². The van der Waals surface area contributed by atoms with Gasteiger partial charge in [0.15, 0.2) is 0 Å². The number of aryl methyl sites for hydroxylation is 6. The Balaban J connectivity index is 1.77. The molecule has 57 heavy (non-hydrogen) atoms. The summed E-state index contributed by atoms with van der Waals surface area (Å²) in [6.45, 7) is 13.7. The summed E-state index contributed by atoms with van der Waals surface area (Å²) in [5, 5.41) is 0.763. The molecule has 304 valence electrons. The fourth-order valence-corrected chi connectivity index (χ4v) is 8.31. The molecule has 0 unspecified atom stereocenters. The average Bonchev–Trinajstić information content (AvgIpc) is 3.23. The van der Waals surface area contributed by atoms with Gasteiger partial charge >= 0.3 is 0 Å². The summed E-state index contributed by atoms with van der Waals surface area (Å²) in [6.07, 6.45) is 20.6. The van der Waals surface area contributed by atoms with Crippen molar-refractivity contribution in [1.82, 2.24) is 0 Å². The van der Waals surface area contributed by atoms with Gasteiger partial charge in [0.05, 0.1) is 16.4 Å². The normalized spacial score (nSPS) is 11.3. The summed E-state index contributed by atoms with van der Waals surface area (Å²) in [4.78, 5) is 4.90. The van der Waals surface area contributed by atoms with Crippen LogP contribution in [0.3, 0.4) is 0 Å². The summed E-state index contributed by atoms with van der Waals surface area (Å²) >= 11 is 7.95. The van der Waals surface area contributed by atoms with Crippen LogP contribution in [0, 0.1) is 0 Å². The Kier molecular flexibility index (Phi) is 18.1. The molecule has 0 aliphatic heterocycles. The molecule has 0 fully saturated rings. The van der Waals surface area contributed by atoms with Gasteiger partial charge in [-0.1, -0.05) is 134 Å². The van der Waals surface area contributed by atoms with Crippen molar-refractivity contribution in [3.8, 4) is 0 Å². The van der Waals surface area contributed by atoms with Gasteiger partial charge < -0.3 is 9.80 Å². The van der Waals surface area contributed by atoms with Crippen molar-refractivity contribution in [2.24, 2.45) is 0 Å². The van der Waals surface area contributed by atoms with E-state index in [1.165, 1.54) is 122 Å². The topological polar surface area (TPSA) is 6.48 Å². The molecule has 0 radical (unpaired) electrons. The molecule has 0 saturated heterocycles. The summed E-state index contributed by atoms with van der Waals surface area (Å²) in [5.41, 5.74) is 15.1. The highest BCUT2D eigenvalue weighted by Crippen LogP contribution is 2.47. The molecule has 0 aliphatic carbocycles. The fraction of sp³-hybridized carbons (Fsp3) is 0.444. The summed E-state index contributed by atoms with van der Waals surface area (Å²) in [6, 6.07) is 39.7. The predicted octanol–water partition coefficient (Wildman–Crippen LogP) is 17.3. The van der Waals surface area contributed by atoms with Gasteiger partial charge in [-0.2, -0.15) is 0 Å². The smallest absolute Gasteiger partial charge is 0.0887 e. The fourth-order valence-electron chi connectivity index (χ4n) is 8.02. The number of unbranched alkanes of at least 4 members (excludes halogenated alkanes) is 6. The lowest BCUT2D eigenvalue weighted by Gasteiger charge is -2.32. The number of nitrogens with zero attached hydrogens (tertiary/aromatic N) is 2. The highest BCUT2D eigenvalue weighted by molar-refractivity contribution is 6.36. The third kappa shape index (κ3) is 12.5. The first kappa shape index (κ1) is 44.1. The van der Waals surface area contributed by atoms with Gasteiger partial charge in [0.1, 0.15) is 0 Å². The number of benzene rings is 5. The number of halogens is 1. The van der Waals surface area contributed by atoms with Gasteiger partial charge in [-0.15, -0.1) is 0 Å². The van der Waals surface area contributed by atoms with Crippen LogP contribution >= 0.6 is 11.6 Å². The standard InChI is InChI=1S/C54H71ClN2/c1-7-13-22-42-28-19-30-48(36-42)56(50-38-44(24-15-9-3)34-45(39-50)25-16-10-4)52-32-21-33-53(54(52)55)57(49-31-20-29-43(37-49)23-14-8-2)51-40-46(26-17-11-5)35-47(41-51)27-18-12-6/h19-21,28-41H,7-18,22-27H2,1-6H3. The molecule has 0 saturated carbocycles. The average molecular weight is 784 g/mol. The zero-order valence-corrected chi connectivity index (χ0v) is 37.1. The van der Waals surface area contributed by atoms with Crippen LogP contribution in [0.4, 0.5) is 34.1 Å². The molecule has 0 atom stereocenters. The lowest BCUT2D eigenvalue weighted by Crippen LogP contribution is -2.15. The van der Waals surface area contributed by atoms with E-state index in [0.717, 1.165) is 66.3 Å². The molecule has 5 aromatic rings. The van der Waals surface area contributed by atoms with E-state index in [1.807, 2.05) is 0 Å². The van der Waals surface area contributed by atoms with Gasteiger partial charge in [0, 0.05) is 22.7 Å². The monoisotopic (exact) mass is 783 g/mol. The molecule has 0 aliphatic rings. The molecule has 5 rings (SSSR count). The molecule has 0 spiro atoms. The van der Waals surface area contributed by atoms with E-state index < -0.39 is 0 Å². The predicted molar refractivity (Wildman–Crippen MR) is 252 cm³/mol. The van der Waals surface area contributed by atoms with Crippen molar-refractivity contribution in [2.75, 3.05) is 9.80 Å².